The van der Waals surface area contributed by atoms with E-state index in [9.17, 15) is 43.2 Å². The van der Waals surface area contributed by atoms with Gasteiger partial charge in [-0.1, -0.05) is 343 Å². The smallest absolute Gasteiger partial charge is 0.462 e. The number of aliphatic hydroxyl groups is 1. The highest BCUT2D eigenvalue weighted by Gasteiger charge is 2.30. The topological polar surface area (TPSA) is 237 Å². The molecule has 0 aliphatic heterocycles. The molecule has 0 aromatic heterocycles. The molecule has 17 nitrogen and oxygen atoms in total. The molecule has 0 saturated heterocycles. The first-order valence-electron chi connectivity index (χ1n) is 39.5. The van der Waals surface area contributed by atoms with Gasteiger partial charge in [-0.3, -0.25) is 37.3 Å². The van der Waals surface area contributed by atoms with Crippen molar-refractivity contribution in [2.45, 2.75) is 413 Å². The Labute approximate surface area is 581 Å². The first kappa shape index (κ1) is 93.1. The van der Waals surface area contributed by atoms with Gasteiger partial charge in [-0.05, 0) is 37.5 Å². The van der Waals surface area contributed by atoms with Gasteiger partial charge in [0.05, 0.1) is 26.4 Å². The van der Waals surface area contributed by atoms with Crippen molar-refractivity contribution >= 4 is 39.5 Å². The summed E-state index contributed by atoms with van der Waals surface area (Å²) >= 11 is 0. The molecule has 0 aliphatic rings. The van der Waals surface area contributed by atoms with Gasteiger partial charge in [0.2, 0.25) is 0 Å². The first-order chi connectivity index (χ1) is 45.9. The van der Waals surface area contributed by atoms with Gasteiger partial charge in [0.15, 0.2) is 12.2 Å². The van der Waals surface area contributed by atoms with E-state index in [1.165, 1.54) is 212 Å². The number of hydrogen-bond acceptors (Lipinski definition) is 15. The van der Waals surface area contributed by atoms with Gasteiger partial charge in [0, 0.05) is 25.7 Å². The molecular weight excluding hydrogens is 1250 g/mol. The largest absolute Gasteiger partial charge is 0.472 e. The van der Waals surface area contributed by atoms with Crippen LogP contribution in [0.5, 0.6) is 0 Å². The maximum absolute atomic E-state index is 13.1. The van der Waals surface area contributed by atoms with Crippen molar-refractivity contribution in [3.05, 3.63) is 0 Å². The van der Waals surface area contributed by atoms with Crippen LogP contribution in [-0.4, -0.2) is 96.7 Å². The minimum Gasteiger partial charge on any atom is -0.462 e. The number of ether oxygens (including phenoxy) is 4. The molecule has 6 atom stereocenters. The second-order valence-electron chi connectivity index (χ2n) is 28.1. The van der Waals surface area contributed by atoms with Crippen molar-refractivity contribution in [2.75, 3.05) is 39.6 Å². The highest BCUT2D eigenvalue weighted by Crippen LogP contribution is 2.45. The lowest BCUT2D eigenvalue weighted by Gasteiger charge is -2.21. The van der Waals surface area contributed by atoms with E-state index >= 15 is 0 Å². The molecule has 3 N–H and O–H groups in total. The minimum atomic E-state index is -4.96. The van der Waals surface area contributed by atoms with Crippen molar-refractivity contribution in [3.63, 3.8) is 0 Å². The van der Waals surface area contributed by atoms with Gasteiger partial charge >= 0.3 is 39.5 Å². The quantitative estimate of drug-likeness (QED) is 0.0222. The fraction of sp³-hybridized carbons (Fsp3) is 0.947. The highest BCUT2D eigenvalue weighted by molar-refractivity contribution is 7.47. The van der Waals surface area contributed by atoms with Gasteiger partial charge in [-0.15, -0.1) is 0 Å². The average molecular weight is 1400 g/mol. The summed E-state index contributed by atoms with van der Waals surface area (Å²) in [6.45, 7) is 9.56. The number of hydrogen-bond donors (Lipinski definition) is 3. The normalized spacial score (nSPS) is 14.3. The molecule has 3 unspecified atom stereocenters. The first-order valence-corrected chi connectivity index (χ1v) is 42.5. The number of aliphatic hydroxyl groups excluding tert-OH is 1. The number of rotatable bonds is 75. The van der Waals surface area contributed by atoms with E-state index in [2.05, 4.69) is 41.5 Å². The van der Waals surface area contributed by atoms with E-state index < -0.39 is 97.5 Å². The Bertz CT molecular complexity index is 1840. The Balaban J connectivity index is 5.25. The molecule has 0 rings (SSSR count). The lowest BCUT2D eigenvalue weighted by molar-refractivity contribution is -0.161. The summed E-state index contributed by atoms with van der Waals surface area (Å²) in [6.07, 6.45) is 55.4. The van der Waals surface area contributed by atoms with Crippen LogP contribution in [0.4, 0.5) is 0 Å². The molecule has 0 spiro atoms. The number of carbonyl (C=O) groups excluding carboxylic acids is 4. The van der Waals surface area contributed by atoms with E-state index in [0.717, 1.165) is 102 Å². The van der Waals surface area contributed by atoms with E-state index in [1.54, 1.807) is 0 Å². The number of phosphoric acid groups is 2. The molecule has 0 aliphatic carbocycles. The van der Waals surface area contributed by atoms with Crippen LogP contribution in [0.15, 0.2) is 0 Å². The van der Waals surface area contributed by atoms with Crippen molar-refractivity contribution in [2.24, 2.45) is 11.8 Å². The Morgan fingerprint density at radius 3 is 0.800 bits per heavy atom. The zero-order valence-corrected chi connectivity index (χ0v) is 63.8. The monoisotopic (exact) mass is 1400 g/mol. The highest BCUT2D eigenvalue weighted by atomic mass is 31.2. The van der Waals surface area contributed by atoms with Gasteiger partial charge in [-0.25, -0.2) is 9.13 Å². The Morgan fingerprint density at radius 1 is 0.305 bits per heavy atom. The number of unbranched alkanes of at least 4 members (excludes halogenated alkanes) is 44. The second kappa shape index (κ2) is 67.9. The zero-order chi connectivity index (χ0) is 70.0. The molecule has 0 amide bonds. The predicted octanol–water partition coefficient (Wildman–Crippen LogP) is 22.3. The van der Waals surface area contributed by atoms with Gasteiger partial charge in [0.25, 0.3) is 0 Å². The molecule has 0 bridgehead atoms. The van der Waals surface area contributed by atoms with E-state index in [-0.39, 0.29) is 25.7 Å². The SMILES string of the molecule is CCCCCCCCCCCCCCCCCCCCC(=O)O[C@H](COC(=O)CCCCCCCCCCCCCCCC)COP(=O)(O)OC[C@@H](O)COP(=O)(O)OC[C@@H](COC(=O)CCCCCCCCCCC(C)C)OC(=O)CCCCCCCCCCC(C)CC. The predicted molar refractivity (Wildman–Crippen MR) is 386 cm³/mol. The number of carbonyl (C=O) groups is 4. The molecule has 0 aromatic carbocycles. The Hall–Kier alpha value is -1.94. The standard InChI is InChI=1S/C76H148O17P2/c1-7-10-12-14-16-18-20-22-24-25-26-27-29-31-33-42-48-54-60-75(80)92-71(64-86-73(78)58-52-46-40-32-30-28-23-21-19-17-15-13-11-8-2)66-90-94(82,83)88-62-70(77)63-89-95(84,85)91-67-72(65-87-74(79)59-53-47-41-36-34-38-44-50-56-68(4)5)93-76(81)61-55-49-43-37-35-39-45-51-57-69(6)9-3/h68-72,77H,7-67H2,1-6H3,(H,82,83)(H,84,85)/t69?,70-,71-,72-/m1/s1. The van der Waals surface area contributed by atoms with Crippen molar-refractivity contribution in [3.8, 4) is 0 Å². The van der Waals surface area contributed by atoms with E-state index in [1.807, 2.05) is 0 Å². The summed E-state index contributed by atoms with van der Waals surface area (Å²) in [5.41, 5.74) is 0. The van der Waals surface area contributed by atoms with Crippen LogP contribution in [-0.2, 0) is 65.4 Å². The lowest BCUT2D eigenvalue weighted by atomic mass is 9.99. The van der Waals surface area contributed by atoms with E-state index in [4.69, 9.17) is 37.0 Å². The van der Waals surface area contributed by atoms with Crippen molar-refractivity contribution in [1.82, 2.24) is 0 Å². The summed E-state index contributed by atoms with van der Waals surface area (Å²) in [4.78, 5) is 72.8. The molecule has 564 valence electrons. The van der Waals surface area contributed by atoms with Crippen molar-refractivity contribution < 1.29 is 80.2 Å². The molecule has 0 aromatic rings. The van der Waals surface area contributed by atoms with Gasteiger partial charge in [-0.2, -0.15) is 0 Å². The van der Waals surface area contributed by atoms with Crippen LogP contribution in [0.25, 0.3) is 0 Å². The maximum atomic E-state index is 13.1. The number of phosphoric ester groups is 2. The third-order valence-electron chi connectivity index (χ3n) is 18.1. The van der Waals surface area contributed by atoms with Crippen LogP contribution in [0.2, 0.25) is 0 Å². The second-order valence-corrected chi connectivity index (χ2v) is 31.0. The van der Waals surface area contributed by atoms with Crippen molar-refractivity contribution in [1.29, 1.82) is 0 Å². The lowest BCUT2D eigenvalue weighted by Crippen LogP contribution is -2.30. The summed E-state index contributed by atoms with van der Waals surface area (Å²) in [6, 6.07) is 0. The fourth-order valence-electron chi connectivity index (χ4n) is 11.6. The van der Waals surface area contributed by atoms with E-state index in [0.29, 0.717) is 25.7 Å². The molecular formula is C76H148O17P2. The van der Waals surface area contributed by atoms with Crippen LogP contribution in [0.1, 0.15) is 395 Å². The average Bonchev–Trinajstić information content (AvgIpc) is 1.69. The summed E-state index contributed by atoms with van der Waals surface area (Å²) in [7, 11) is -9.91. The molecule has 0 heterocycles. The number of esters is 4. The van der Waals surface area contributed by atoms with Crippen LogP contribution in [0, 0.1) is 11.8 Å². The van der Waals surface area contributed by atoms with Crippen LogP contribution < -0.4 is 0 Å². The van der Waals surface area contributed by atoms with Gasteiger partial charge in [0.1, 0.15) is 19.3 Å². The summed E-state index contributed by atoms with van der Waals surface area (Å²) in [5, 5.41) is 10.6. The molecule has 95 heavy (non-hydrogen) atoms. The minimum absolute atomic E-state index is 0.105. The fourth-order valence-corrected chi connectivity index (χ4v) is 13.2. The van der Waals surface area contributed by atoms with Gasteiger partial charge < -0.3 is 33.8 Å². The molecule has 0 radical (unpaired) electrons. The maximum Gasteiger partial charge on any atom is 0.472 e. The Kier molecular flexibility index (Phi) is 66.5. The Morgan fingerprint density at radius 2 is 0.537 bits per heavy atom. The van der Waals surface area contributed by atoms with Crippen LogP contribution >= 0.6 is 15.6 Å². The molecule has 0 fully saturated rings. The zero-order valence-electron chi connectivity index (χ0n) is 62.0. The van der Waals surface area contributed by atoms with Crippen LogP contribution in [0.3, 0.4) is 0 Å². The molecule has 19 heteroatoms. The summed E-state index contributed by atoms with van der Waals surface area (Å²) < 4.78 is 68.5. The third kappa shape index (κ3) is 69.0. The third-order valence-corrected chi connectivity index (χ3v) is 20.0. The molecule has 0 saturated carbocycles. The summed E-state index contributed by atoms with van der Waals surface area (Å²) in [5.74, 6) is -0.620.